The molecule has 0 saturated heterocycles. The van der Waals surface area contributed by atoms with Crippen LogP contribution in [0.1, 0.15) is 39.1 Å². The Labute approximate surface area is 154 Å². The summed E-state index contributed by atoms with van der Waals surface area (Å²) in [4.78, 5) is 37.8. The number of rotatable bonds is 5. The number of aryl methyl sites for hydroxylation is 1. The highest BCUT2D eigenvalue weighted by molar-refractivity contribution is 6.31. The van der Waals surface area contributed by atoms with Crippen molar-refractivity contribution in [1.29, 1.82) is 0 Å². The second kappa shape index (κ2) is 7.25. The molecule has 0 aliphatic carbocycles. The van der Waals surface area contributed by atoms with Crippen LogP contribution in [-0.4, -0.2) is 29.2 Å². The number of nitrogens with zero attached hydrogens (tertiary/aromatic N) is 1. The predicted octanol–water partition coefficient (Wildman–Crippen LogP) is 3.80. The molecule has 0 fully saturated rings. The molecule has 0 unspecified atom stereocenters. The van der Waals surface area contributed by atoms with Crippen LogP contribution < -0.4 is 5.32 Å². The third kappa shape index (κ3) is 3.60. The van der Waals surface area contributed by atoms with Crippen LogP contribution in [-0.2, 0) is 4.79 Å². The lowest BCUT2D eigenvalue weighted by Crippen LogP contribution is -2.31. The molecule has 0 radical (unpaired) electrons. The maximum Gasteiger partial charge on any atom is 0.261 e. The molecule has 1 aliphatic heterocycles. The second-order valence-electron chi connectivity index (χ2n) is 6.09. The predicted molar refractivity (Wildman–Crippen MR) is 95.8 cm³/mol. The van der Waals surface area contributed by atoms with E-state index < -0.39 is 5.82 Å². The highest BCUT2D eigenvalue weighted by atomic mass is 35.5. The van der Waals surface area contributed by atoms with Crippen molar-refractivity contribution in [3.05, 3.63) is 63.9 Å². The first-order valence-electron chi connectivity index (χ1n) is 8.08. The van der Waals surface area contributed by atoms with Crippen LogP contribution in [0.15, 0.2) is 36.4 Å². The molecule has 3 rings (SSSR count). The van der Waals surface area contributed by atoms with Crippen molar-refractivity contribution in [3.63, 3.8) is 0 Å². The monoisotopic (exact) mass is 374 g/mol. The van der Waals surface area contributed by atoms with Gasteiger partial charge in [0.25, 0.3) is 11.8 Å². The Morgan fingerprint density at radius 2 is 1.85 bits per heavy atom. The molecule has 7 heteroatoms. The van der Waals surface area contributed by atoms with Crippen molar-refractivity contribution in [2.24, 2.45) is 0 Å². The Morgan fingerprint density at radius 1 is 1.12 bits per heavy atom. The van der Waals surface area contributed by atoms with Gasteiger partial charge in [-0.1, -0.05) is 23.2 Å². The van der Waals surface area contributed by atoms with Crippen molar-refractivity contribution >= 4 is 35.0 Å². The van der Waals surface area contributed by atoms with Crippen molar-refractivity contribution in [2.45, 2.75) is 19.8 Å². The summed E-state index contributed by atoms with van der Waals surface area (Å²) in [6, 6.07) is 9.02. The first-order valence-corrected chi connectivity index (χ1v) is 8.46. The van der Waals surface area contributed by atoms with E-state index in [0.29, 0.717) is 23.2 Å². The molecule has 0 spiro atoms. The number of carbonyl (C=O) groups is 3. The van der Waals surface area contributed by atoms with E-state index >= 15 is 0 Å². The van der Waals surface area contributed by atoms with Gasteiger partial charge in [0.1, 0.15) is 5.82 Å². The Balaban J connectivity index is 1.55. The SMILES string of the molecule is Cc1ccc2c(c1)C(=O)N(CCCC(=O)Nc1ccc(F)c(Cl)c1)C2=O. The zero-order valence-electron chi connectivity index (χ0n) is 14.0. The van der Waals surface area contributed by atoms with E-state index in [2.05, 4.69) is 5.32 Å². The van der Waals surface area contributed by atoms with E-state index in [1.54, 1.807) is 18.2 Å². The van der Waals surface area contributed by atoms with Gasteiger partial charge in [0.2, 0.25) is 5.91 Å². The summed E-state index contributed by atoms with van der Waals surface area (Å²) in [5.41, 5.74) is 2.09. The Bertz CT molecular complexity index is 914. The molecule has 0 saturated carbocycles. The number of fused-ring (bicyclic) bond motifs is 1. The number of benzene rings is 2. The standard InChI is InChI=1S/C19H16ClFN2O3/c1-11-4-6-13-14(9-11)19(26)23(18(13)25)8-2-3-17(24)22-12-5-7-16(21)15(20)10-12/h4-7,9-10H,2-3,8H2,1H3,(H,22,24). The Morgan fingerprint density at radius 3 is 2.58 bits per heavy atom. The summed E-state index contributed by atoms with van der Waals surface area (Å²) in [7, 11) is 0. The highest BCUT2D eigenvalue weighted by Gasteiger charge is 2.34. The number of halogens is 2. The van der Waals surface area contributed by atoms with Gasteiger partial charge in [0.05, 0.1) is 16.1 Å². The normalized spacial score (nSPS) is 13.1. The molecule has 3 amide bonds. The molecule has 0 bridgehead atoms. The Kier molecular flexibility index (Phi) is 5.04. The minimum absolute atomic E-state index is 0.0795. The molecular weight excluding hydrogens is 359 g/mol. The summed E-state index contributed by atoms with van der Waals surface area (Å²) in [5.74, 6) is -1.54. The minimum Gasteiger partial charge on any atom is -0.326 e. The van der Waals surface area contributed by atoms with Crippen LogP contribution in [0.5, 0.6) is 0 Å². The van der Waals surface area contributed by atoms with Crippen LogP contribution in [0, 0.1) is 12.7 Å². The van der Waals surface area contributed by atoms with Gasteiger partial charge in [-0.3, -0.25) is 19.3 Å². The summed E-state index contributed by atoms with van der Waals surface area (Å²) >= 11 is 5.67. The molecule has 1 heterocycles. The molecular formula is C19H16ClFN2O3. The molecule has 1 aliphatic rings. The van der Waals surface area contributed by atoms with E-state index in [4.69, 9.17) is 11.6 Å². The molecule has 2 aromatic rings. The van der Waals surface area contributed by atoms with Crippen LogP contribution in [0.4, 0.5) is 10.1 Å². The average molecular weight is 375 g/mol. The summed E-state index contributed by atoms with van der Waals surface area (Å²) in [6.45, 7) is 2.01. The van der Waals surface area contributed by atoms with E-state index in [-0.39, 0.29) is 35.7 Å². The first kappa shape index (κ1) is 18.1. The maximum absolute atomic E-state index is 13.1. The molecule has 0 atom stereocenters. The molecule has 2 aromatic carbocycles. The smallest absolute Gasteiger partial charge is 0.261 e. The van der Waals surface area contributed by atoms with Crippen molar-refractivity contribution < 1.29 is 18.8 Å². The van der Waals surface area contributed by atoms with Crippen LogP contribution in [0.3, 0.4) is 0 Å². The van der Waals surface area contributed by atoms with Crippen LogP contribution >= 0.6 is 11.6 Å². The van der Waals surface area contributed by atoms with Gasteiger partial charge in [0.15, 0.2) is 0 Å². The number of imide groups is 1. The van der Waals surface area contributed by atoms with Gasteiger partial charge in [-0.05, 0) is 43.7 Å². The van der Waals surface area contributed by atoms with Gasteiger partial charge in [0, 0.05) is 18.7 Å². The zero-order valence-corrected chi connectivity index (χ0v) is 14.8. The molecule has 1 N–H and O–H groups in total. The summed E-state index contributed by atoms with van der Waals surface area (Å²) in [6.07, 6.45) is 0.437. The topological polar surface area (TPSA) is 66.5 Å². The lowest BCUT2D eigenvalue weighted by atomic mass is 10.1. The quantitative estimate of drug-likeness (QED) is 0.809. The average Bonchev–Trinajstić information content (AvgIpc) is 2.82. The fourth-order valence-corrected chi connectivity index (χ4v) is 2.98. The number of amides is 3. The minimum atomic E-state index is -0.564. The molecule has 134 valence electrons. The van der Waals surface area contributed by atoms with Crippen LogP contribution in [0.2, 0.25) is 5.02 Å². The van der Waals surface area contributed by atoms with Gasteiger partial charge in [-0.15, -0.1) is 0 Å². The largest absolute Gasteiger partial charge is 0.326 e. The lowest BCUT2D eigenvalue weighted by molar-refractivity contribution is -0.116. The number of nitrogens with one attached hydrogen (secondary N) is 1. The van der Waals surface area contributed by atoms with E-state index in [0.717, 1.165) is 10.5 Å². The van der Waals surface area contributed by atoms with E-state index in [1.807, 2.05) is 6.92 Å². The fraction of sp³-hybridized carbons (Fsp3) is 0.211. The number of anilines is 1. The van der Waals surface area contributed by atoms with Crippen molar-refractivity contribution in [2.75, 3.05) is 11.9 Å². The van der Waals surface area contributed by atoms with Crippen LogP contribution in [0.25, 0.3) is 0 Å². The maximum atomic E-state index is 13.1. The molecule has 5 nitrogen and oxygen atoms in total. The van der Waals surface area contributed by atoms with Crippen molar-refractivity contribution in [3.8, 4) is 0 Å². The van der Waals surface area contributed by atoms with Crippen molar-refractivity contribution in [1.82, 2.24) is 4.90 Å². The fourth-order valence-electron chi connectivity index (χ4n) is 2.80. The van der Waals surface area contributed by atoms with Gasteiger partial charge in [-0.25, -0.2) is 4.39 Å². The summed E-state index contributed by atoms with van der Waals surface area (Å²) in [5, 5.41) is 2.52. The zero-order chi connectivity index (χ0) is 18.8. The summed E-state index contributed by atoms with van der Waals surface area (Å²) < 4.78 is 13.1. The first-order chi connectivity index (χ1) is 12.4. The third-order valence-corrected chi connectivity index (χ3v) is 4.40. The molecule has 0 aromatic heterocycles. The second-order valence-corrected chi connectivity index (χ2v) is 6.50. The van der Waals surface area contributed by atoms with E-state index in [9.17, 15) is 18.8 Å². The molecule has 26 heavy (non-hydrogen) atoms. The van der Waals surface area contributed by atoms with Gasteiger partial charge in [-0.2, -0.15) is 0 Å². The Hall–Kier alpha value is -2.73. The highest BCUT2D eigenvalue weighted by Crippen LogP contribution is 2.24. The van der Waals surface area contributed by atoms with E-state index in [1.165, 1.54) is 18.2 Å². The van der Waals surface area contributed by atoms with Gasteiger partial charge < -0.3 is 5.32 Å². The number of hydrogen-bond donors (Lipinski definition) is 1. The number of carbonyl (C=O) groups excluding carboxylic acids is 3. The third-order valence-electron chi connectivity index (χ3n) is 4.12. The number of hydrogen-bond acceptors (Lipinski definition) is 3. The van der Waals surface area contributed by atoms with Gasteiger partial charge >= 0.3 is 0 Å². The lowest BCUT2D eigenvalue weighted by Gasteiger charge is -2.13.